The lowest BCUT2D eigenvalue weighted by Crippen LogP contribution is -2.57. The van der Waals surface area contributed by atoms with Crippen molar-refractivity contribution in [2.75, 3.05) is 19.6 Å². The minimum absolute atomic E-state index is 0.0596. The molecule has 0 aromatic carbocycles. The van der Waals surface area contributed by atoms with Crippen LogP contribution in [-0.4, -0.2) is 53.2 Å². The van der Waals surface area contributed by atoms with Gasteiger partial charge in [-0.05, 0) is 51.6 Å². The normalized spacial score (nSPS) is 26.0. The molecule has 0 aromatic heterocycles. The first-order chi connectivity index (χ1) is 9.47. The van der Waals surface area contributed by atoms with Gasteiger partial charge in [0, 0.05) is 12.6 Å². The van der Waals surface area contributed by atoms with Gasteiger partial charge < -0.3 is 15.7 Å². The van der Waals surface area contributed by atoms with Gasteiger partial charge in [0.1, 0.15) is 5.54 Å². The molecule has 1 aliphatic carbocycles. The van der Waals surface area contributed by atoms with Gasteiger partial charge in [-0.25, -0.2) is 9.59 Å². The first kappa shape index (κ1) is 15.1. The van der Waals surface area contributed by atoms with Gasteiger partial charge in [-0.3, -0.25) is 4.90 Å². The number of hydrogen-bond acceptors (Lipinski definition) is 3. The van der Waals surface area contributed by atoms with Gasteiger partial charge in [0.15, 0.2) is 0 Å². The second-order valence-electron chi connectivity index (χ2n) is 6.04. The van der Waals surface area contributed by atoms with Gasteiger partial charge >= 0.3 is 12.0 Å². The summed E-state index contributed by atoms with van der Waals surface area (Å²) in [4.78, 5) is 25.6. The van der Waals surface area contributed by atoms with Crippen molar-refractivity contribution in [1.82, 2.24) is 15.5 Å². The standard InChI is InChI=1S/C14H25N3O3/c1-3-17-8-4-5-11(17)9-15-13(20)16-14(2,12(18)19)10-6-7-10/h10-11H,3-9H2,1-2H3,(H,18,19)(H2,15,16,20). The number of nitrogens with one attached hydrogen (secondary N) is 2. The Kier molecular flexibility index (Phi) is 4.52. The van der Waals surface area contributed by atoms with Crippen LogP contribution >= 0.6 is 0 Å². The predicted molar refractivity (Wildman–Crippen MR) is 75.6 cm³/mol. The molecule has 6 heteroatoms. The number of nitrogens with zero attached hydrogens (tertiary/aromatic N) is 1. The number of carboxylic acids is 1. The van der Waals surface area contributed by atoms with Crippen LogP contribution in [0.4, 0.5) is 4.79 Å². The number of hydrogen-bond donors (Lipinski definition) is 3. The molecule has 2 unspecified atom stereocenters. The Morgan fingerprint density at radius 1 is 1.35 bits per heavy atom. The first-order valence-corrected chi connectivity index (χ1v) is 7.50. The van der Waals surface area contributed by atoms with E-state index < -0.39 is 11.5 Å². The lowest BCUT2D eigenvalue weighted by atomic mass is 9.96. The smallest absolute Gasteiger partial charge is 0.329 e. The van der Waals surface area contributed by atoms with Crippen molar-refractivity contribution < 1.29 is 14.7 Å². The summed E-state index contributed by atoms with van der Waals surface area (Å²) in [5.41, 5.74) is -1.13. The lowest BCUT2D eigenvalue weighted by molar-refractivity contribution is -0.144. The fraction of sp³-hybridized carbons (Fsp3) is 0.857. The third-order valence-corrected chi connectivity index (χ3v) is 4.61. The SMILES string of the molecule is CCN1CCCC1CNC(=O)NC(C)(C(=O)O)C1CC1. The molecule has 0 bridgehead atoms. The van der Waals surface area contributed by atoms with Crippen LogP contribution in [0.25, 0.3) is 0 Å². The lowest BCUT2D eigenvalue weighted by Gasteiger charge is -2.27. The van der Waals surface area contributed by atoms with Crippen molar-refractivity contribution in [2.24, 2.45) is 5.92 Å². The number of rotatable bonds is 6. The molecule has 2 rings (SSSR count). The van der Waals surface area contributed by atoms with E-state index in [0.717, 1.165) is 38.8 Å². The van der Waals surface area contributed by atoms with E-state index >= 15 is 0 Å². The van der Waals surface area contributed by atoms with E-state index in [1.165, 1.54) is 0 Å². The zero-order valence-corrected chi connectivity index (χ0v) is 12.3. The zero-order valence-electron chi connectivity index (χ0n) is 12.3. The molecule has 1 aliphatic heterocycles. The summed E-state index contributed by atoms with van der Waals surface area (Å²) in [6, 6.07) is 0.00696. The highest BCUT2D eigenvalue weighted by atomic mass is 16.4. The van der Waals surface area contributed by atoms with Crippen molar-refractivity contribution in [3.63, 3.8) is 0 Å². The summed E-state index contributed by atoms with van der Waals surface area (Å²) in [6.45, 7) is 6.37. The van der Waals surface area contributed by atoms with Gasteiger partial charge in [-0.15, -0.1) is 0 Å². The van der Waals surface area contributed by atoms with Crippen LogP contribution < -0.4 is 10.6 Å². The van der Waals surface area contributed by atoms with E-state index in [1.807, 2.05) is 0 Å². The Morgan fingerprint density at radius 2 is 2.05 bits per heavy atom. The van der Waals surface area contributed by atoms with Crippen molar-refractivity contribution in [3.8, 4) is 0 Å². The Labute approximate surface area is 119 Å². The molecule has 114 valence electrons. The molecular formula is C14H25N3O3. The van der Waals surface area contributed by atoms with E-state index in [0.29, 0.717) is 12.6 Å². The van der Waals surface area contributed by atoms with Crippen LogP contribution in [0.2, 0.25) is 0 Å². The summed E-state index contributed by atoms with van der Waals surface area (Å²) in [6.07, 6.45) is 3.99. The molecule has 0 spiro atoms. The van der Waals surface area contributed by atoms with Gasteiger partial charge in [-0.1, -0.05) is 6.92 Å². The summed E-state index contributed by atoms with van der Waals surface area (Å²) >= 11 is 0. The van der Waals surface area contributed by atoms with Crippen molar-refractivity contribution >= 4 is 12.0 Å². The second kappa shape index (κ2) is 5.99. The van der Waals surface area contributed by atoms with Crippen LogP contribution in [0.15, 0.2) is 0 Å². The first-order valence-electron chi connectivity index (χ1n) is 7.50. The number of likely N-dealkylation sites (N-methyl/N-ethyl adjacent to an activating group) is 1. The number of amides is 2. The van der Waals surface area contributed by atoms with Crippen LogP contribution in [0, 0.1) is 5.92 Å². The molecule has 2 fully saturated rings. The van der Waals surface area contributed by atoms with Crippen molar-refractivity contribution in [2.45, 2.75) is 51.1 Å². The third-order valence-electron chi connectivity index (χ3n) is 4.61. The molecule has 0 aromatic rings. The highest BCUT2D eigenvalue weighted by molar-refractivity contribution is 5.86. The average Bonchev–Trinajstić information content (AvgIpc) is 3.16. The minimum atomic E-state index is -1.13. The Bertz CT molecular complexity index is 384. The largest absolute Gasteiger partial charge is 0.480 e. The molecule has 2 amide bonds. The monoisotopic (exact) mass is 283 g/mol. The molecular weight excluding hydrogens is 258 g/mol. The number of carbonyl (C=O) groups excluding carboxylic acids is 1. The van der Waals surface area contributed by atoms with Gasteiger partial charge in [0.05, 0.1) is 0 Å². The molecule has 3 N–H and O–H groups in total. The van der Waals surface area contributed by atoms with Crippen molar-refractivity contribution in [3.05, 3.63) is 0 Å². The number of carboxylic acid groups (broad SMARTS) is 1. The third kappa shape index (κ3) is 3.23. The highest BCUT2D eigenvalue weighted by Crippen LogP contribution is 2.39. The van der Waals surface area contributed by atoms with E-state index in [2.05, 4.69) is 22.5 Å². The van der Waals surface area contributed by atoms with Crippen LogP contribution in [0.3, 0.4) is 0 Å². The summed E-state index contributed by atoms with van der Waals surface area (Å²) in [7, 11) is 0. The van der Waals surface area contributed by atoms with Crippen LogP contribution in [-0.2, 0) is 4.79 Å². The second-order valence-corrected chi connectivity index (χ2v) is 6.04. The Morgan fingerprint density at radius 3 is 2.60 bits per heavy atom. The van der Waals surface area contributed by atoms with Crippen molar-refractivity contribution in [1.29, 1.82) is 0 Å². The fourth-order valence-corrected chi connectivity index (χ4v) is 3.02. The maximum atomic E-state index is 11.9. The van der Waals surface area contributed by atoms with Gasteiger partial charge in [0.25, 0.3) is 0 Å². The van der Waals surface area contributed by atoms with E-state index in [1.54, 1.807) is 6.92 Å². The molecule has 1 saturated heterocycles. The molecule has 1 saturated carbocycles. The molecule has 20 heavy (non-hydrogen) atoms. The quantitative estimate of drug-likeness (QED) is 0.680. The number of likely N-dealkylation sites (tertiary alicyclic amines) is 1. The number of carbonyl (C=O) groups is 2. The van der Waals surface area contributed by atoms with E-state index in [-0.39, 0.29) is 11.9 Å². The fourth-order valence-electron chi connectivity index (χ4n) is 3.02. The number of urea groups is 1. The van der Waals surface area contributed by atoms with Gasteiger partial charge in [-0.2, -0.15) is 0 Å². The highest BCUT2D eigenvalue weighted by Gasteiger charge is 2.48. The maximum Gasteiger partial charge on any atom is 0.329 e. The maximum absolute atomic E-state index is 11.9. The van der Waals surface area contributed by atoms with E-state index in [9.17, 15) is 14.7 Å². The molecule has 0 radical (unpaired) electrons. The topological polar surface area (TPSA) is 81.7 Å². The molecule has 1 heterocycles. The van der Waals surface area contributed by atoms with Crippen LogP contribution in [0.1, 0.15) is 39.5 Å². The zero-order chi connectivity index (χ0) is 14.8. The summed E-state index contributed by atoms with van der Waals surface area (Å²) in [5.74, 6) is -0.893. The Hall–Kier alpha value is -1.30. The molecule has 6 nitrogen and oxygen atoms in total. The Balaban J connectivity index is 1.81. The molecule has 2 aliphatic rings. The predicted octanol–water partition coefficient (Wildman–Crippen LogP) is 1.02. The van der Waals surface area contributed by atoms with Crippen LogP contribution in [0.5, 0.6) is 0 Å². The van der Waals surface area contributed by atoms with Gasteiger partial charge in [0.2, 0.25) is 0 Å². The van der Waals surface area contributed by atoms with E-state index in [4.69, 9.17) is 0 Å². The summed E-state index contributed by atoms with van der Waals surface area (Å²) in [5, 5.41) is 14.8. The summed E-state index contributed by atoms with van der Waals surface area (Å²) < 4.78 is 0. The number of aliphatic carboxylic acids is 1. The molecule has 2 atom stereocenters. The average molecular weight is 283 g/mol. The minimum Gasteiger partial charge on any atom is -0.480 e.